The van der Waals surface area contributed by atoms with Crippen LogP contribution in [0.1, 0.15) is 5.56 Å². The molecule has 4 aromatic rings. The Bertz CT molecular complexity index is 1040. The summed E-state index contributed by atoms with van der Waals surface area (Å²) >= 11 is 0. The number of para-hydroxylation sites is 2. The molecule has 1 aromatic heterocycles. The summed E-state index contributed by atoms with van der Waals surface area (Å²) in [5.74, 6) is -3.50. The first-order valence-electron chi connectivity index (χ1n) is 7.92. The van der Waals surface area contributed by atoms with Gasteiger partial charge in [0.15, 0.2) is 17.5 Å². The molecule has 0 saturated heterocycles. The average Bonchev–Trinajstić information content (AvgIpc) is 3.08. The lowest BCUT2D eigenvalue weighted by molar-refractivity contribution is 0.300. The number of fused-ring (bicyclic) bond motifs is 1. The van der Waals surface area contributed by atoms with Crippen LogP contribution in [0, 0.1) is 17.5 Å². The zero-order valence-corrected chi connectivity index (χ0v) is 13.5. The van der Waals surface area contributed by atoms with Crippen LogP contribution in [0.4, 0.5) is 13.2 Å². The number of H-pyrrole nitrogens is 1. The Morgan fingerprint density at radius 3 is 2.35 bits per heavy atom. The van der Waals surface area contributed by atoms with E-state index in [1.807, 2.05) is 48.5 Å². The van der Waals surface area contributed by atoms with E-state index >= 15 is 0 Å². The fourth-order valence-electron chi connectivity index (χ4n) is 2.73. The first-order chi connectivity index (χ1) is 12.6. The van der Waals surface area contributed by atoms with Gasteiger partial charge in [-0.1, -0.05) is 36.4 Å². The minimum atomic E-state index is -1.51. The van der Waals surface area contributed by atoms with Gasteiger partial charge in [0.05, 0.1) is 11.0 Å². The van der Waals surface area contributed by atoms with E-state index in [1.54, 1.807) is 0 Å². The van der Waals surface area contributed by atoms with Crippen molar-refractivity contribution in [2.75, 3.05) is 0 Å². The molecular weight excluding hydrogens is 341 g/mol. The summed E-state index contributed by atoms with van der Waals surface area (Å²) in [6.45, 7) is 0.0533. The van der Waals surface area contributed by atoms with E-state index in [2.05, 4.69) is 9.97 Å². The van der Waals surface area contributed by atoms with Gasteiger partial charge in [0, 0.05) is 23.3 Å². The maximum Gasteiger partial charge on any atom is 0.194 e. The van der Waals surface area contributed by atoms with Gasteiger partial charge in [0.25, 0.3) is 0 Å². The Hall–Kier alpha value is -3.28. The van der Waals surface area contributed by atoms with E-state index in [1.165, 1.54) is 0 Å². The maximum atomic E-state index is 13.3. The molecule has 1 heterocycles. The summed E-state index contributed by atoms with van der Waals surface area (Å²) in [5, 5.41) is 0. The second kappa shape index (κ2) is 6.55. The van der Waals surface area contributed by atoms with Crippen LogP contribution in [0.5, 0.6) is 5.75 Å². The number of rotatable bonds is 4. The molecule has 26 heavy (non-hydrogen) atoms. The Balaban J connectivity index is 1.64. The highest BCUT2D eigenvalue weighted by atomic mass is 19.2. The van der Waals surface area contributed by atoms with Crippen LogP contribution >= 0.6 is 0 Å². The van der Waals surface area contributed by atoms with E-state index in [0.29, 0.717) is 5.82 Å². The molecule has 130 valence electrons. The lowest BCUT2D eigenvalue weighted by Gasteiger charge is -2.10. The quantitative estimate of drug-likeness (QED) is 0.510. The fourth-order valence-corrected chi connectivity index (χ4v) is 2.73. The Kier molecular flexibility index (Phi) is 4.08. The molecule has 0 saturated carbocycles. The molecule has 0 fully saturated rings. The van der Waals surface area contributed by atoms with Gasteiger partial charge in [-0.15, -0.1) is 0 Å². The van der Waals surface area contributed by atoms with Gasteiger partial charge >= 0.3 is 0 Å². The Morgan fingerprint density at radius 2 is 1.58 bits per heavy atom. The number of hydrogen-bond donors (Lipinski definition) is 1. The topological polar surface area (TPSA) is 37.9 Å². The molecule has 0 amide bonds. The van der Waals surface area contributed by atoms with Crippen LogP contribution in [0.2, 0.25) is 0 Å². The molecule has 0 atom stereocenters. The molecule has 0 radical (unpaired) electrons. The predicted octanol–water partition coefficient (Wildman–Crippen LogP) is 5.23. The first-order valence-corrected chi connectivity index (χ1v) is 7.92. The summed E-state index contributed by atoms with van der Waals surface area (Å²) in [4.78, 5) is 7.80. The third kappa shape index (κ3) is 3.01. The lowest BCUT2D eigenvalue weighted by atomic mass is 10.1. The van der Waals surface area contributed by atoms with Crippen LogP contribution in [0.3, 0.4) is 0 Å². The van der Waals surface area contributed by atoms with E-state index in [4.69, 9.17) is 4.74 Å². The molecular formula is C20H13F3N2O. The van der Waals surface area contributed by atoms with Gasteiger partial charge in [0.1, 0.15) is 18.2 Å². The SMILES string of the molecule is Fc1cc(OCc2ccccc2-c2nc3ccccc3[nH]2)cc(F)c1F. The monoisotopic (exact) mass is 354 g/mol. The number of nitrogens with zero attached hydrogens (tertiary/aromatic N) is 1. The fraction of sp³-hybridized carbons (Fsp3) is 0.0500. The number of imidazole rings is 1. The average molecular weight is 354 g/mol. The number of aromatic amines is 1. The zero-order chi connectivity index (χ0) is 18.1. The van der Waals surface area contributed by atoms with Crippen molar-refractivity contribution in [1.29, 1.82) is 0 Å². The molecule has 0 bridgehead atoms. The highest BCUT2D eigenvalue weighted by Crippen LogP contribution is 2.26. The predicted molar refractivity (Wildman–Crippen MR) is 92.2 cm³/mol. The minimum absolute atomic E-state index is 0.0533. The molecule has 1 N–H and O–H groups in total. The first kappa shape index (κ1) is 16.2. The van der Waals surface area contributed by atoms with E-state index < -0.39 is 17.5 Å². The number of hydrogen-bond acceptors (Lipinski definition) is 2. The molecule has 0 aliphatic rings. The Morgan fingerprint density at radius 1 is 0.885 bits per heavy atom. The van der Waals surface area contributed by atoms with Crippen molar-refractivity contribution in [2.45, 2.75) is 6.61 Å². The summed E-state index contributed by atoms with van der Waals surface area (Å²) in [6, 6.07) is 16.7. The smallest absolute Gasteiger partial charge is 0.194 e. The number of nitrogens with one attached hydrogen (secondary N) is 1. The summed E-state index contributed by atoms with van der Waals surface area (Å²) < 4.78 is 45.1. The van der Waals surface area contributed by atoms with Crippen molar-refractivity contribution in [3.05, 3.63) is 83.7 Å². The molecule has 6 heteroatoms. The molecule has 3 nitrogen and oxygen atoms in total. The second-order valence-corrected chi connectivity index (χ2v) is 5.75. The number of ether oxygens (including phenoxy) is 1. The van der Waals surface area contributed by atoms with Gasteiger partial charge in [-0.3, -0.25) is 0 Å². The lowest BCUT2D eigenvalue weighted by Crippen LogP contribution is -2.00. The summed E-state index contributed by atoms with van der Waals surface area (Å²) in [5.41, 5.74) is 3.32. The normalized spacial score (nSPS) is 11.0. The van der Waals surface area contributed by atoms with Crippen molar-refractivity contribution in [2.24, 2.45) is 0 Å². The molecule has 0 aliphatic carbocycles. The standard InChI is InChI=1S/C20H13F3N2O/c21-15-9-13(10-16(22)19(15)23)26-11-12-5-1-2-6-14(12)20-24-17-7-3-4-8-18(17)25-20/h1-10H,11H2,(H,24,25). The molecule has 4 rings (SSSR count). The zero-order valence-electron chi connectivity index (χ0n) is 13.5. The highest BCUT2D eigenvalue weighted by molar-refractivity contribution is 5.79. The third-order valence-electron chi connectivity index (χ3n) is 4.01. The number of halogens is 3. The van der Waals surface area contributed by atoms with E-state index in [-0.39, 0.29) is 12.4 Å². The van der Waals surface area contributed by atoms with Crippen molar-refractivity contribution in [1.82, 2.24) is 9.97 Å². The van der Waals surface area contributed by atoms with E-state index in [9.17, 15) is 13.2 Å². The van der Waals surface area contributed by atoms with Gasteiger partial charge < -0.3 is 9.72 Å². The number of benzene rings is 3. The molecule has 3 aromatic carbocycles. The van der Waals surface area contributed by atoms with Crippen molar-refractivity contribution in [3.63, 3.8) is 0 Å². The van der Waals surface area contributed by atoms with Crippen molar-refractivity contribution < 1.29 is 17.9 Å². The molecule has 0 aliphatic heterocycles. The number of aromatic nitrogens is 2. The summed E-state index contributed by atoms with van der Waals surface area (Å²) in [7, 11) is 0. The van der Waals surface area contributed by atoms with Crippen LogP contribution in [0.15, 0.2) is 60.7 Å². The largest absolute Gasteiger partial charge is 0.489 e. The minimum Gasteiger partial charge on any atom is -0.489 e. The highest BCUT2D eigenvalue weighted by Gasteiger charge is 2.13. The van der Waals surface area contributed by atoms with Gasteiger partial charge in [-0.2, -0.15) is 0 Å². The van der Waals surface area contributed by atoms with Crippen molar-refractivity contribution in [3.8, 4) is 17.1 Å². The molecule has 0 spiro atoms. The Labute approximate surface area is 147 Å². The van der Waals surface area contributed by atoms with Gasteiger partial charge in [0.2, 0.25) is 0 Å². The van der Waals surface area contributed by atoms with Crippen LogP contribution < -0.4 is 4.74 Å². The maximum absolute atomic E-state index is 13.3. The van der Waals surface area contributed by atoms with E-state index in [0.717, 1.165) is 34.3 Å². The van der Waals surface area contributed by atoms with Gasteiger partial charge in [-0.05, 0) is 12.1 Å². The second-order valence-electron chi connectivity index (χ2n) is 5.75. The van der Waals surface area contributed by atoms with Gasteiger partial charge in [-0.25, -0.2) is 18.2 Å². The third-order valence-corrected chi connectivity index (χ3v) is 4.01. The van der Waals surface area contributed by atoms with Crippen LogP contribution in [0.25, 0.3) is 22.4 Å². The van der Waals surface area contributed by atoms with Crippen LogP contribution in [-0.4, -0.2) is 9.97 Å². The van der Waals surface area contributed by atoms with Crippen molar-refractivity contribution >= 4 is 11.0 Å². The molecule has 0 unspecified atom stereocenters. The summed E-state index contributed by atoms with van der Waals surface area (Å²) in [6.07, 6.45) is 0. The van der Waals surface area contributed by atoms with Crippen LogP contribution in [-0.2, 0) is 6.61 Å².